The van der Waals surface area contributed by atoms with Crippen molar-refractivity contribution in [2.75, 3.05) is 20.3 Å². The highest BCUT2D eigenvalue weighted by Crippen LogP contribution is 2.19. The highest BCUT2D eigenvalue weighted by atomic mass is 16.5. The van der Waals surface area contributed by atoms with Crippen molar-refractivity contribution in [1.29, 1.82) is 0 Å². The molecule has 1 atom stereocenters. The fourth-order valence-corrected chi connectivity index (χ4v) is 2.68. The van der Waals surface area contributed by atoms with E-state index >= 15 is 0 Å². The first-order chi connectivity index (χ1) is 12.8. The van der Waals surface area contributed by atoms with Crippen molar-refractivity contribution < 1.29 is 19.4 Å². The van der Waals surface area contributed by atoms with Gasteiger partial charge in [-0.25, -0.2) is 0 Å². The second kappa shape index (κ2) is 9.42. The molecule has 0 spiro atoms. The fourth-order valence-electron chi connectivity index (χ4n) is 2.68. The highest BCUT2D eigenvalue weighted by molar-refractivity contribution is 5.77. The Kier molecular flexibility index (Phi) is 7.25. The van der Waals surface area contributed by atoms with Crippen molar-refractivity contribution >= 4 is 5.91 Å². The molecule has 146 valence electrons. The van der Waals surface area contributed by atoms with Gasteiger partial charge in [0.05, 0.1) is 12.7 Å². The molecule has 0 radical (unpaired) electrons. The number of nitrogens with one attached hydrogen (secondary N) is 1. The van der Waals surface area contributed by atoms with Crippen molar-refractivity contribution in [3.8, 4) is 11.5 Å². The molecule has 0 heterocycles. The van der Waals surface area contributed by atoms with Gasteiger partial charge in [-0.1, -0.05) is 38.1 Å². The number of carbonyl (C=O) groups excluding carboxylic acids is 1. The molecule has 2 N–H and O–H groups in total. The van der Waals surface area contributed by atoms with Gasteiger partial charge in [-0.05, 0) is 48.2 Å². The number of hydrogen-bond acceptors (Lipinski definition) is 4. The zero-order valence-corrected chi connectivity index (χ0v) is 16.5. The molecular weight excluding hydrogens is 342 g/mol. The normalized spacial score (nSPS) is 13.1. The first-order valence-corrected chi connectivity index (χ1v) is 9.14. The molecule has 27 heavy (non-hydrogen) atoms. The summed E-state index contributed by atoms with van der Waals surface area (Å²) in [5.41, 5.74) is 1.14. The smallest absolute Gasteiger partial charge is 0.258 e. The summed E-state index contributed by atoms with van der Waals surface area (Å²) in [4.78, 5) is 12.0. The summed E-state index contributed by atoms with van der Waals surface area (Å²) >= 11 is 0. The zero-order chi connectivity index (χ0) is 19.9. The summed E-state index contributed by atoms with van der Waals surface area (Å²) in [5, 5.41) is 13.3. The Hall–Kier alpha value is -2.53. The van der Waals surface area contributed by atoms with E-state index in [0.717, 1.165) is 11.3 Å². The van der Waals surface area contributed by atoms with Gasteiger partial charge in [0.1, 0.15) is 11.5 Å². The number of rotatable bonds is 9. The summed E-state index contributed by atoms with van der Waals surface area (Å²) in [6.45, 7) is 6.01. The molecule has 2 rings (SSSR count). The zero-order valence-electron chi connectivity index (χ0n) is 16.5. The van der Waals surface area contributed by atoms with Gasteiger partial charge in [-0.15, -0.1) is 0 Å². The van der Waals surface area contributed by atoms with Crippen LogP contribution in [0.4, 0.5) is 0 Å². The van der Waals surface area contributed by atoms with Crippen LogP contribution in [0.25, 0.3) is 0 Å². The lowest BCUT2D eigenvalue weighted by atomic mass is 9.96. The summed E-state index contributed by atoms with van der Waals surface area (Å²) in [6, 6.07) is 15.2. The van der Waals surface area contributed by atoms with Crippen LogP contribution >= 0.6 is 0 Å². The Morgan fingerprint density at radius 1 is 1.07 bits per heavy atom. The maximum absolute atomic E-state index is 12.0. The van der Waals surface area contributed by atoms with Crippen LogP contribution in [-0.2, 0) is 11.2 Å². The number of aliphatic hydroxyl groups is 1. The average molecular weight is 371 g/mol. The van der Waals surface area contributed by atoms with E-state index in [4.69, 9.17) is 9.47 Å². The third kappa shape index (κ3) is 6.94. The molecule has 2 aromatic carbocycles. The summed E-state index contributed by atoms with van der Waals surface area (Å²) in [7, 11) is 1.61. The van der Waals surface area contributed by atoms with Crippen LogP contribution in [0.5, 0.6) is 11.5 Å². The first kappa shape index (κ1) is 20.8. The lowest BCUT2D eigenvalue weighted by molar-refractivity contribution is -0.124. The molecule has 0 aliphatic rings. The van der Waals surface area contributed by atoms with E-state index in [2.05, 4.69) is 19.2 Å². The van der Waals surface area contributed by atoms with Crippen LogP contribution in [0.1, 0.15) is 37.8 Å². The van der Waals surface area contributed by atoms with Crippen LogP contribution in [0, 0.1) is 0 Å². The quantitative estimate of drug-likeness (QED) is 0.710. The van der Waals surface area contributed by atoms with Crippen LogP contribution in [0.3, 0.4) is 0 Å². The second-order valence-corrected chi connectivity index (χ2v) is 7.31. The van der Waals surface area contributed by atoms with E-state index in [1.807, 2.05) is 48.5 Å². The fraction of sp³-hybridized carbons (Fsp3) is 0.409. The van der Waals surface area contributed by atoms with Crippen LogP contribution in [0.15, 0.2) is 48.5 Å². The van der Waals surface area contributed by atoms with Gasteiger partial charge in [0.2, 0.25) is 0 Å². The second-order valence-electron chi connectivity index (χ2n) is 7.31. The Morgan fingerprint density at radius 2 is 1.67 bits per heavy atom. The maximum atomic E-state index is 12.0. The first-order valence-electron chi connectivity index (χ1n) is 9.14. The van der Waals surface area contributed by atoms with Gasteiger partial charge in [-0.3, -0.25) is 4.79 Å². The van der Waals surface area contributed by atoms with E-state index < -0.39 is 5.60 Å². The van der Waals surface area contributed by atoms with E-state index in [-0.39, 0.29) is 19.1 Å². The molecule has 0 saturated carbocycles. The summed E-state index contributed by atoms with van der Waals surface area (Å²) < 4.78 is 10.6. The van der Waals surface area contributed by atoms with Gasteiger partial charge in [0.15, 0.2) is 6.61 Å². The maximum Gasteiger partial charge on any atom is 0.258 e. The van der Waals surface area contributed by atoms with Crippen molar-refractivity contribution in [2.45, 2.75) is 38.7 Å². The van der Waals surface area contributed by atoms with Crippen LogP contribution in [0.2, 0.25) is 0 Å². The van der Waals surface area contributed by atoms with Crippen molar-refractivity contribution in [3.63, 3.8) is 0 Å². The molecule has 5 heteroatoms. The molecule has 0 aliphatic heterocycles. The van der Waals surface area contributed by atoms with E-state index in [1.165, 1.54) is 5.56 Å². The van der Waals surface area contributed by atoms with E-state index in [0.29, 0.717) is 18.1 Å². The lowest BCUT2D eigenvalue weighted by Gasteiger charge is -2.24. The third-order valence-electron chi connectivity index (χ3n) is 4.33. The standard InChI is InChI=1S/C22H29NO4/c1-16(2)18-7-11-20(12-8-18)27-14-21(24)23-15-22(3,25)13-17-5-9-19(26-4)10-6-17/h5-12,16,25H,13-15H2,1-4H3,(H,23,24). The number of amides is 1. The molecular formula is C22H29NO4. The minimum Gasteiger partial charge on any atom is -0.497 e. The molecule has 5 nitrogen and oxygen atoms in total. The van der Waals surface area contributed by atoms with Gasteiger partial charge in [0.25, 0.3) is 5.91 Å². The van der Waals surface area contributed by atoms with Crippen molar-refractivity contribution in [3.05, 3.63) is 59.7 Å². The topological polar surface area (TPSA) is 67.8 Å². The molecule has 0 bridgehead atoms. The SMILES string of the molecule is COc1ccc(CC(C)(O)CNC(=O)COc2ccc(C(C)C)cc2)cc1. The van der Waals surface area contributed by atoms with E-state index in [9.17, 15) is 9.90 Å². The summed E-state index contributed by atoms with van der Waals surface area (Å²) in [5.74, 6) is 1.61. The van der Waals surface area contributed by atoms with E-state index in [1.54, 1.807) is 14.0 Å². The molecule has 2 aromatic rings. The van der Waals surface area contributed by atoms with Gasteiger partial charge < -0.3 is 19.9 Å². The van der Waals surface area contributed by atoms with Gasteiger partial charge >= 0.3 is 0 Å². The molecule has 1 amide bonds. The lowest BCUT2D eigenvalue weighted by Crippen LogP contribution is -2.43. The molecule has 1 unspecified atom stereocenters. The molecule has 0 aliphatic carbocycles. The predicted octanol–water partition coefficient (Wildman–Crippen LogP) is 3.31. The minimum atomic E-state index is -1.05. The number of carbonyl (C=O) groups is 1. The van der Waals surface area contributed by atoms with Gasteiger partial charge in [-0.2, -0.15) is 0 Å². The number of methoxy groups -OCH3 is 1. The van der Waals surface area contributed by atoms with Crippen LogP contribution in [-0.4, -0.2) is 36.9 Å². The monoisotopic (exact) mass is 371 g/mol. The Morgan fingerprint density at radius 3 is 2.22 bits per heavy atom. The van der Waals surface area contributed by atoms with Crippen molar-refractivity contribution in [1.82, 2.24) is 5.32 Å². The van der Waals surface area contributed by atoms with Gasteiger partial charge in [0, 0.05) is 13.0 Å². The Bertz CT molecular complexity index is 721. The number of benzene rings is 2. The average Bonchev–Trinajstić information content (AvgIpc) is 2.65. The number of hydrogen-bond donors (Lipinski definition) is 2. The molecule has 0 aromatic heterocycles. The molecule has 0 fully saturated rings. The summed E-state index contributed by atoms with van der Waals surface area (Å²) in [6.07, 6.45) is 0.425. The largest absolute Gasteiger partial charge is 0.497 e. The number of ether oxygens (including phenoxy) is 2. The Balaban J connectivity index is 1.77. The highest BCUT2D eigenvalue weighted by Gasteiger charge is 2.22. The van der Waals surface area contributed by atoms with Crippen molar-refractivity contribution in [2.24, 2.45) is 0 Å². The Labute approximate surface area is 161 Å². The van der Waals surface area contributed by atoms with Crippen LogP contribution < -0.4 is 14.8 Å². The molecule has 0 saturated heterocycles. The third-order valence-corrected chi connectivity index (χ3v) is 4.33. The predicted molar refractivity (Wildman–Crippen MR) is 106 cm³/mol. The minimum absolute atomic E-state index is 0.0837.